The number of hydrogen-bond acceptors (Lipinski definition) is 7. The molecule has 1 aliphatic heterocycles. The van der Waals surface area contributed by atoms with Crippen LogP contribution in [0, 0.1) is 4.78 Å². The predicted octanol–water partition coefficient (Wildman–Crippen LogP) is 4.21. The zero-order valence-corrected chi connectivity index (χ0v) is 23.7. The molecule has 0 aliphatic carbocycles. The lowest BCUT2D eigenvalue weighted by Crippen LogP contribution is -2.38. The van der Waals surface area contributed by atoms with Crippen LogP contribution in [0.1, 0.15) is 57.5 Å². The van der Waals surface area contributed by atoms with Gasteiger partial charge >= 0.3 is 0 Å². The van der Waals surface area contributed by atoms with Crippen molar-refractivity contribution in [3.63, 3.8) is 0 Å². The van der Waals surface area contributed by atoms with Crippen LogP contribution in [-0.4, -0.2) is 68.7 Å². The van der Waals surface area contributed by atoms with Gasteiger partial charge in [-0.2, -0.15) is 0 Å². The first-order valence-electron chi connectivity index (χ1n) is 13.0. The largest absolute Gasteiger partial charge is 0.349 e. The Morgan fingerprint density at radius 2 is 1.65 bits per heavy atom. The summed E-state index contributed by atoms with van der Waals surface area (Å²) in [5, 5.41) is 8.36. The molecule has 1 unspecified atom stereocenters. The Bertz CT molecular complexity index is 1480. The van der Waals surface area contributed by atoms with Gasteiger partial charge < -0.3 is 25.8 Å². The molecule has 3 aromatic rings. The van der Waals surface area contributed by atoms with Crippen LogP contribution >= 0.6 is 11.6 Å². The highest BCUT2D eigenvalue weighted by Crippen LogP contribution is 2.24. The van der Waals surface area contributed by atoms with E-state index in [2.05, 4.69) is 30.8 Å². The number of aromatic nitrogens is 2. The molecular weight excluding hydrogens is 554 g/mol. The Labute approximate surface area is 238 Å². The van der Waals surface area contributed by atoms with E-state index in [1.165, 1.54) is 43.8 Å². The van der Waals surface area contributed by atoms with E-state index in [1.807, 2.05) is 0 Å². The van der Waals surface area contributed by atoms with Crippen molar-refractivity contribution in [2.75, 3.05) is 42.6 Å². The summed E-state index contributed by atoms with van der Waals surface area (Å²) in [5.41, 5.74) is 1.14. The van der Waals surface area contributed by atoms with Crippen LogP contribution in [0.15, 0.2) is 53.7 Å². The fourth-order valence-corrected chi connectivity index (χ4v) is 5.57. The molecule has 13 heteroatoms. The van der Waals surface area contributed by atoms with Gasteiger partial charge in [0, 0.05) is 35.1 Å². The second-order valence-corrected chi connectivity index (χ2v) is 12.2. The third kappa shape index (κ3) is 7.26. The molecule has 0 spiro atoms. The molecule has 1 aliphatic rings. The van der Waals surface area contributed by atoms with Crippen LogP contribution < -0.4 is 16.0 Å². The first-order chi connectivity index (χ1) is 19.2. The van der Waals surface area contributed by atoms with Crippen molar-refractivity contribution in [3.8, 4) is 0 Å². The van der Waals surface area contributed by atoms with E-state index in [4.69, 9.17) is 16.4 Å². The summed E-state index contributed by atoms with van der Waals surface area (Å²) in [5.74, 6) is -1.28. The Morgan fingerprint density at radius 1 is 1.00 bits per heavy atom. The highest BCUT2D eigenvalue weighted by molar-refractivity contribution is 7.92. The summed E-state index contributed by atoms with van der Waals surface area (Å²) < 4.78 is 20.2. The van der Waals surface area contributed by atoms with Gasteiger partial charge in [-0.05, 0) is 68.4 Å². The van der Waals surface area contributed by atoms with E-state index < -0.39 is 27.5 Å². The number of carbonyl (C=O) groups is 3. The van der Waals surface area contributed by atoms with Gasteiger partial charge in [0.1, 0.15) is 5.69 Å². The van der Waals surface area contributed by atoms with Crippen LogP contribution in [0.5, 0.6) is 0 Å². The molecule has 4 rings (SSSR count). The molecule has 1 atom stereocenters. The lowest BCUT2D eigenvalue weighted by atomic mass is 10.1. The fourth-order valence-electron chi connectivity index (χ4n) is 4.31. The third-order valence-corrected chi connectivity index (χ3v) is 8.76. The number of hydrogen-bond donors (Lipinski definition) is 5. The number of aromatic amines is 1. The van der Waals surface area contributed by atoms with E-state index in [-0.39, 0.29) is 32.6 Å². The smallest absolute Gasteiger partial charge is 0.274 e. The maximum absolute atomic E-state index is 12.8. The zero-order chi connectivity index (χ0) is 28.7. The molecule has 3 amide bonds. The highest BCUT2D eigenvalue weighted by atomic mass is 35.5. The molecule has 5 N–H and O–H groups in total. The molecule has 1 aromatic heterocycles. The van der Waals surface area contributed by atoms with Gasteiger partial charge in [-0.3, -0.25) is 14.4 Å². The molecule has 40 heavy (non-hydrogen) atoms. The van der Waals surface area contributed by atoms with E-state index in [9.17, 15) is 18.6 Å². The molecule has 1 saturated heterocycles. The molecule has 2 heterocycles. The highest BCUT2D eigenvalue weighted by Gasteiger charge is 2.21. The van der Waals surface area contributed by atoms with Gasteiger partial charge in [0.25, 0.3) is 17.7 Å². The quantitative estimate of drug-likeness (QED) is 0.239. The van der Waals surface area contributed by atoms with Crippen molar-refractivity contribution in [1.29, 1.82) is 4.78 Å². The average molecular weight is 586 g/mol. The van der Waals surface area contributed by atoms with Crippen LogP contribution in [0.3, 0.4) is 0 Å². The topological polar surface area (TPSA) is 160 Å². The number of nitrogens with zero attached hydrogens (tertiary/aromatic N) is 2. The Balaban J connectivity index is 1.32. The van der Waals surface area contributed by atoms with E-state index in [1.54, 1.807) is 31.2 Å². The van der Waals surface area contributed by atoms with Crippen molar-refractivity contribution in [2.45, 2.75) is 31.1 Å². The van der Waals surface area contributed by atoms with Gasteiger partial charge in [0.05, 0.1) is 26.6 Å². The van der Waals surface area contributed by atoms with E-state index >= 15 is 0 Å². The first-order valence-corrected chi connectivity index (χ1v) is 15.1. The Hall–Kier alpha value is -3.74. The zero-order valence-electron chi connectivity index (χ0n) is 22.1. The SMILES string of the molecule is CCS(=N)(=O)c1ccc(C(=O)Nc2ccc(NC(=O)c3[nH]cnc3C(=O)NCCN3CCCCC3)cc2)c(Cl)c1. The number of piperidine rings is 1. The summed E-state index contributed by atoms with van der Waals surface area (Å²) in [7, 11) is -2.95. The van der Waals surface area contributed by atoms with E-state index in [0.29, 0.717) is 17.9 Å². The van der Waals surface area contributed by atoms with Crippen LogP contribution in [0.4, 0.5) is 11.4 Å². The average Bonchev–Trinajstić information content (AvgIpc) is 3.45. The number of imidazole rings is 1. The van der Waals surface area contributed by atoms with Crippen molar-refractivity contribution in [3.05, 3.63) is 70.8 Å². The van der Waals surface area contributed by atoms with Gasteiger partial charge in [-0.25, -0.2) is 14.0 Å². The van der Waals surface area contributed by atoms with Gasteiger partial charge in [-0.1, -0.05) is 24.9 Å². The number of halogens is 1. The predicted molar refractivity (Wildman–Crippen MR) is 155 cm³/mol. The Kier molecular flexibility index (Phi) is 9.56. The van der Waals surface area contributed by atoms with Gasteiger partial charge in [-0.15, -0.1) is 0 Å². The number of H-pyrrole nitrogens is 1. The number of likely N-dealkylation sites (tertiary alicyclic amines) is 1. The standard InChI is InChI=1S/C27H32ClN7O4S/c1-2-40(29,39)20-10-11-21(22(28)16-20)25(36)33-18-6-8-19(9-7-18)34-27(38)24-23(31-17-32-24)26(37)30-12-15-35-13-4-3-5-14-35/h6-11,16-17,29H,2-5,12-15H2,1H3,(H,30,37)(H,31,32)(H,33,36)(H,34,38). The normalized spacial score (nSPS) is 15.2. The number of rotatable bonds is 10. The molecule has 2 aromatic carbocycles. The van der Waals surface area contributed by atoms with Crippen LogP contribution in [-0.2, 0) is 9.73 Å². The monoisotopic (exact) mass is 585 g/mol. The summed E-state index contributed by atoms with van der Waals surface area (Å²) >= 11 is 6.23. The van der Waals surface area contributed by atoms with E-state index in [0.717, 1.165) is 19.6 Å². The minimum atomic E-state index is -2.95. The lowest BCUT2D eigenvalue weighted by molar-refractivity contribution is 0.0929. The number of benzene rings is 2. The van der Waals surface area contributed by atoms with Gasteiger partial charge in [0.15, 0.2) is 5.69 Å². The second kappa shape index (κ2) is 13.1. The first kappa shape index (κ1) is 29.2. The number of nitrogens with one attached hydrogen (secondary N) is 5. The number of amides is 3. The summed E-state index contributed by atoms with van der Waals surface area (Å²) in [6, 6.07) is 10.7. The van der Waals surface area contributed by atoms with Crippen molar-refractivity contribution < 1.29 is 18.6 Å². The molecule has 11 nitrogen and oxygen atoms in total. The van der Waals surface area contributed by atoms with Gasteiger partial charge in [0.2, 0.25) is 0 Å². The summed E-state index contributed by atoms with van der Waals surface area (Å²) in [6.45, 7) is 4.94. The summed E-state index contributed by atoms with van der Waals surface area (Å²) in [6.07, 6.45) is 4.89. The number of carbonyl (C=O) groups excluding carboxylic acids is 3. The lowest BCUT2D eigenvalue weighted by Gasteiger charge is -2.26. The maximum Gasteiger partial charge on any atom is 0.274 e. The molecule has 212 valence electrons. The molecular formula is C27H32ClN7O4S. The van der Waals surface area contributed by atoms with Crippen molar-refractivity contribution >= 4 is 50.4 Å². The van der Waals surface area contributed by atoms with Crippen molar-refractivity contribution in [2.24, 2.45) is 0 Å². The van der Waals surface area contributed by atoms with Crippen LogP contribution in [0.25, 0.3) is 0 Å². The van der Waals surface area contributed by atoms with Crippen LogP contribution in [0.2, 0.25) is 5.02 Å². The van der Waals surface area contributed by atoms with Crippen molar-refractivity contribution in [1.82, 2.24) is 20.2 Å². The molecule has 1 fully saturated rings. The second-order valence-electron chi connectivity index (χ2n) is 9.38. The fraction of sp³-hybridized carbons (Fsp3) is 0.333. The third-order valence-electron chi connectivity index (χ3n) is 6.62. The summed E-state index contributed by atoms with van der Waals surface area (Å²) in [4.78, 5) is 47.5. The number of anilines is 2. The minimum absolute atomic E-state index is 0.0168. The minimum Gasteiger partial charge on any atom is -0.349 e. The molecule has 0 bridgehead atoms. The molecule has 0 saturated carbocycles. The maximum atomic E-state index is 12.8. The Morgan fingerprint density at radius 3 is 2.27 bits per heavy atom. The molecule has 0 radical (unpaired) electrons.